The molecule has 1 aliphatic rings. The molecule has 0 radical (unpaired) electrons. The molecule has 1 aromatic carbocycles. The van der Waals surface area contributed by atoms with Crippen molar-refractivity contribution in [3.8, 4) is 0 Å². The normalized spacial score (nSPS) is 14.1. The number of hydrogen-bond acceptors (Lipinski definition) is 3. The number of carbonyl (C=O) groups excluding carboxylic acids is 2. The van der Waals surface area contributed by atoms with Gasteiger partial charge in [-0.2, -0.15) is 0 Å². The number of rotatable bonds is 5. The van der Waals surface area contributed by atoms with Crippen molar-refractivity contribution in [3.05, 3.63) is 29.8 Å². The Hall–Kier alpha value is -1.88. The van der Waals surface area contributed by atoms with E-state index in [1.165, 1.54) is 7.11 Å². The van der Waals surface area contributed by atoms with Crippen LogP contribution < -0.4 is 10.6 Å². The lowest BCUT2D eigenvalue weighted by Crippen LogP contribution is -2.25. The molecule has 1 aliphatic carbocycles. The molecule has 5 heteroatoms. The van der Waals surface area contributed by atoms with Gasteiger partial charge in [0.15, 0.2) is 0 Å². The van der Waals surface area contributed by atoms with Gasteiger partial charge in [0.2, 0.25) is 5.91 Å². The molecule has 18 heavy (non-hydrogen) atoms. The maximum atomic E-state index is 11.7. The van der Waals surface area contributed by atoms with Crippen molar-refractivity contribution in [2.24, 2.45) is 0 Å². The third kappa shape index (κ3) is 3.56. The first-order valence-electron chi connectivity index (χ1n) is 5.89. The van der Waals surface area contributed by atoms with E-state index in [9.17, 15) is 9.59 Å². The quantitative estimate of drug-likeness (QED) is 0.821. The average molecular weight is 248 g/mol. The summed E-state index contributed by atoms with van der Waals surface area (Å²) in [4.78, 5) is 23.0. The first kappa shape index (κ1) is 12.6. The van der Waals surface area contributed by atoms with E-state index in [0.29, 0.717) is 17.3 Å². The summed E-state index contributed by atoms with van der Waals surface area (Å²) in [5.41, 5.74) is 1.26. The molecule has 96 valence electrons. The maximum Gasteiger partial charge on any atom is 0.251 e. The lowest BCUT2D eigenvalue weighted by atomic mass is 10.2. The number of benzene rings is 1. The standard InChI is InChI=1S/C13H16N2O3/c1-18-8-12(16)14-10-4-2-9(3-5-10)13(17)15-11-6-7-11/h2-5,11H,6-8H2,1H3,(H,14,16)(H,15,17). The van der Waals surface area contributed by atoms with Gasteiger partial charge in [-0.05, 0) is 37.1 Å². The van der Waals surface area contributed by atoms with Crippen LogP contribution >= 0.6 is 0 Å². The van der Waals surface area contributed by atoms with Crippen molar-refractivity contribution in [2.75, 3.05) is 19.0 Å². The number of anilines is 1. The Bertz CT molecular complexity index is 438. The Morgan fingerprint density at radius 1 is 1.28 bits per heavy atom. The predicted molar refractivity (Wildman–Crippen MR) is 67.4 cm³/mol. The van der Waals surface area contributed by atoms with Crippen LogP contribution in [0.3, 0.4) is 0 Å². The molecule has 2 N–H and O–H groups in total. The van der Waals surface area contributed by atoms with Crippen LogP contribution in [0.15, 0.2) is 24.3 Å². The third-order valence-electron chi connectivity index (χ3n) is 2.62. The zero-order chi connectivity index (χ0) is 13.0. The number of hydrogen-bond donors (Lipinski definition) is 2. The van der Waals surface area contributed by atoms with E-state index in [1.54, 1.807) is 24.3 Å². The molecular formula is C13H16N2O3. The zero-order valence-electron chi connectivity index (χ0n) is 10.2. The minimum absolute atomic E-state index is 0.0178. The Morgan fingerprint density at radius 3 is 2.50 bits per heavy atom. The molecule has 1 aromatic rings. The molecule has 0 aromatic heterocycles. The Kier molecular flexibility index (Phi) is 3.94. The molecule has 0 unspecified atom stereocenters. The topological polar surface area (TPSA) is 67.4 Å². The van der Waals surface area contributed by atoms with Gasteiger partial charge < -0.3 is 15.4 Å². The van der Waals surface area contributed by atoms with Crippen LogP contribution in [0.2, 0.25) is 0 Å². The number of ether oxygens (including phenoxy) is 1. The van der Waals surface area contributed by atoms with Crippen molar-refractivity contribution in [1.82, 2.24) is 5.32 Å². The predicted octanol–water partition coefficient (Wildman–Crippen LogP) is 1.16. The van der Waals surface area contributed by atoms with Crippen LogP contribution in [-0.4, -0.2) is 31.6 Å². The molecule has 2 amide bonds. The van der Waals surface area contributed by atoms with E-state index in [1.807, 2.05) is 0 Å². The molecule has 5 nitrogen and oxygen atoms in total. The summed E-state index contributed by atoms with van der Waals surface area (Å²) in [6, 6.07) is 7.14. The number of methoxy groups -OCH3 is 1. The van der Waals surface area contributed by atoms with E-state index >= 15 is 0 Å². The van der Waals surface area contributed by atoms with E-state index in [4.69, 9.17) is 4.74 Å². The van der Waals surface area contributed by atoms with Crippen LogP contribution in [0.25, 0.3) is 0 Å². The second-order valence-corrected chi connectivity index (χ2v) is 4.31. The van der Waals surface area contributed by atoms with Gasteiger partial charge in [-0.15, -0.1) is 0 Å². The molecule has 0 atom stereocenters. The van der Waals surface area contributed by atoms with Crippen LogP contribution in [0.1, 0.15) is 23.2 Å². The average Bonchev–Trinajstić information content (AvgIpc) is 3.14. The van der Waals surface area contributed by atoms with Gasteiger partial charge in [-0.25, -0.2) is 0 Å². The molecule has 0 spiro atoms. The lowest BCUT2D eigenvalue weighted by molar-refractivity contribution is -0.119. The van der Waals surface area contributed by atoms with Crippen molar-refractivity contribution in [2.45, 2.75) is 18.9 Å². The summed E-state index contributed by atoms with van der Waals surface area (Å²) >= 11 is 0. The highest BCUT2D eigenvalue weighted by atomic mass is 16.5. The molecule has 0 saturated heterocycles. The highest BCUT2D eigenvalue weighted by Crippen LogP contribution is 2.19. The van der Waals surface area contributed by atoms with Crippen LogP contribution in [-0.2, 0) is 9.53 Å². The number of carbonyl (C=O) groups is 2. The van der Waals surface area contributed by atoms with E-state index in [0.717, 1.165) is 12.8 Å². The van der Waals surface area contributed by atoms with Gasteiger partial charge in [0.05, 0.1) is 0 Å². The first-order chi connectivity index (χ1) is 8.69. The highest BCUT2D eigenvalue weighted by molar-refractivity contribution is 5.96. The minimum Gasteiger partial charge on any atom is -0.375 e. The number of amides is 2. The lowest BCUT2D eigenvalue weighted by Gasteiger charge is -2.06. The first-order valence-corrected chi connectivity index (χ1v) is 5.89. The molecule has 0 aliphatic heterocycles. The SMILES string of the molecule is COCC(=O)Nc1ccc(C(=O)NC2CC2)cc1. The second kappa shape index (κ2) is 5.64. The maximum absolute atomic E-state index is 11.7. The summed E-state index contributed by atoms with van der Waals surface area (Å²) in [6.45, 7) is 0.0178. The van der Waals surface area contributed by atoms with Gasteiger partial charge in [0, 0.05) is 24.4 Å². The van der Waals surface area contributed by atoms with Gasteiger partial charge in [-0.3, -0.25) is 9.59 Å². The fraction of sp³-hybridized carbons (Fsp3) is 0.385. The van der Waals surface area contributed by atoms with Crippen LogP contribution in [0.5, 0.6) is 0 Å². The van der Waals surface area contributed by atoms with E-state index in [2.05, 4.69) is 10.6 Å². The monoisotopic (exact) mass is 248 g/mol. The summed E-state index contributed by atoms with van der Waals surface area (Å²) in [7, 11) is 1.46. The molecular weight excluding hydrogens is 232 g/mol. The van der Waals surface area contributed by atoms with Crippen molar-refractivity contribution >= 4 is 17.5 Å². The van der Waals surface area contributed by atoms with Gasteiger partial charge in [-0.1, -0.05) is 0 Å². The fourth-order valence-corrected chi connectivity index (χ4v) is 1.53. The third-order valence-corrected chi connectivity index (χ3v) is 2.62. The van der Waals surface area contributed by atoms with Crippen molar-refractivity contribution in [1.29, 1.82) is 0 Å². The Balaban J connectivity index is 1.91. The Morgan fingerprint density at radius 2 is 1.94 bits per heavy atom. The van der Waals surface area contributed by atoms with Gasteiger partial charge in [0.25, 0.3) is 5.91 Å². The fourth-order valence-electron chi connectivity index (χ4n) is 1.53. The summed E-state index contributed by atoms with van der Waals surface area (Å²) in [5.74, 6) is -0.278. The largest absolute Gasteiger partial charge is 0.375 e. The van der Waals surface area contributed by atoms with Crippen molar-refractivity contribution < 1.29 is 14.3 Å². The summed E-state index contributed by atoms with van der Waals surface area (Å²) < 4.78 is 4.71. The van der Waals surface area contributed by atoms with E-state index < -0.39 is 0 Å². The van der Waals surface area contributed by atoms with Crippen LogP contribution in [0, 0.1) is 0 Å². The van der Waals surface area contributed by atoms with Crippen molar-refractivity contribution in [3.63, 3.8) is 0 Å². The molecule has 1 saturated carbocycles. The molecule has 2 rings (SSSR count). The second-order valence-electron chi connectivity index (χ2n) is 4.31. The zero-order valence-corrected chi connectivity index (χ0v) is 10.2. The van der Waals surface area contributed by atoms with E-state index in [-0.39, 0.29) is 18.4 Å². The molecule has 0 bridgehead atoms. The minimum atomic E-state index is -0.215. The number of nitrogens with one attached hydrogen (secondary N) is 2. The van der Waals surface area contributed by atoms with Gasteiger partial charge in [0.1, 0.15) is 6.61 Å². The smallest absolute Gasteiger partial charge is 0.251 e. The Labute approximate surface area is 106 Å². The molecule has 1 fully saturated rings. The molecule has 0 heterocycles. The summed E-state index contributed by atoms with van der Waals surface area (Å²) in [6.07, 6.45) is 2.13. The van der Waals surface area contributed by atoms with Crippen LogP contribution in [0.4, 0.5) is 5.69 Å². The van der Waals surface area contributed by atoms with Gasteiger partial charge >= 0.3 is 0 Å². The highest BCUT2D eigenvalue weighted by Gasteiger charge is 2.23. The summed E-state index contributed by atoms with van der Waals surface area (Å²) in [5, 5.41) is 5.57.